The predicted octanol–water partition coefficient (Wildman–Crippen LogP) is 7.02. The number of hydrogen-bond acceptors (Lipinski definition) is 2. The van der Waals surface area contributed by atoms with Crippen molar-refractivity contribution in [2.75, 3.05) is 0 Å². The van der Waals surface area contributed by atoms with Gasteiger partial charge in [-0.3, -0.25) is 0 Å². The first-order chi connectivity index (χ1) is 13.3. The highest BCUT2D eigenvalue weighted by atomic mass is 16.5. The molecule has 0 amide bonds. The van der Waals surface area contributed by atoms with Crippen LogP contribution in [0.1, 0.15) is 67.9 Å². The Labute approximate surface area is 170 Å². The molecule has 3 rings (SSSR count). The zero-order chi connectivity index (χ0) is 20.3. The summed E-state index contributed by atoms with van der Waals surface area (Å²) in [6.07, 6.45) is 6.55. The smallest absolute Gasteiger partial charge is 0.127 e. The molecule has 2 nitrogen and oxygen atoms in total. The van der Waals surface area contributed by atoms with Crippen molar-refractivity contribution in [1.82, 2.24) is 0 Å². The first-order valence-corrected chi connectivity index (χ1v) is 10.4. The summed E-state index contributed by atoms with van der Waals surface area (Å²) in [5, 5.41) is 0. The summed E-state index contributed by atoms with van der Waals surface area (Å²) in [5.41, 5.74) is 7.46. The van der Waals surface area contributed by atoms with Crippen LogP contribution in [-0.4, -0.2) is 5.60 Å². The number of benzene rings is 2. The van der Waals surface area contributed by atoms with Crippen LogP contribution in [-0.2, 0) is 13.0 Å². The summed E-state index contributed by atoms with van der Waals surface area (Å²) < 4.78 is 12.9. The first-order valence-electron chi connectivity index (χ1n) is 10.4. The van der Waals surface area contributed by atoms with Crippen LogP contribution in [0, 0.1) is 20.8 Å². The molecule has 2 aromatic carbocycles. The van der Waals surface area contributed by atoms with E-state index in [9.17, 15) is 0 Å². The molecule has 0 fully saturated rings. The Morgan fingerprint density at radius 3 is 2.46 bits per heavy atom. The molecule has 2 aromatic rings. The van der Waals surface area contributed by atoms with Gasteiger partial charge in [-0.05, 0) is 89.5 Å². The second-order valence-electron chi connectivity index (χ2n) is 8.66. The van der Waals surface area contributed by atoms with Crippen LogP contribution in [0.4, 0.5) is 0 Å². The summed E-state index contributed by atoms with van der Waals surface area (Å²) in [4.78, 5) is 0. The zero-order valence-corrected chi connectivity index (χ0v) is 18.3. The van der Waals surface area contributed by atoms with Gasteiger partial charge in [0.25, 0.3) is 0 Å². The van der Waals surface area contributed by atoms with Gasteiger partial charge in [0.05, 0.1) is 0 Å². The lowest BCUT2D eigenvalue weighted by Gasteiger charge is -2.38. The Kier molecular flexibility index (Phi) is 6.17. The minimum atomic E-state index is -0.0883. The van der Waals surface area contributed by atoms with Gasteiger partial charge in [-0.25, -0.2) is 0 Å². The summed E-state index contributed by atoms with van der Waals surface area (Å²) in [7, 11) is 0. The Morgan fingerprint density at radius 2 is 1.79 bits per heavy atom. The minimum Gasteiger partial charge on any atom is -0.488 e. The van der Waals surface area contributed by atoms with Gasteiger partial charge in [-0.2, -0.15) is 0 Å². The molecule has 0 bridgehead atoms. The third-order valence-corrected chi connectivity index (χ3v) is 6.02. The first kappa shape index (κ1) is 20.5. The highest BCUT2D eigenvalue weighted by Crippen LogP contribution is 2.45. The monoisotopic (exact) mass is 378 g/mol. The summed E-state index contributed by atoms with van der Waals surface area (Å²) in [6.45, 7) is 13.7. The van der Waals surface area contributed by atoms with Crippen LogP contribution >= 0.6 is 0 Å². The normalized spacial score (nSPS) is 18.2. The zero-order valence-electron chi connectivity index (χ0n) is 18.3. The molecule has 1 aliphatic heterocycles. The molecule has 1 heterocycles. The van der Waals surface area contributed by atoms with Crippen molar-refractivity contribution in [3.63, 3.8) is 0 Å². The van der Waals surface area contributed by atoms with Crippen LogP contribution in [0.2, 0.25) is 0 Å². The summed E-state index contributed by atoms with van der Waals surface area (Å²) in [6, 6.07) is 10.4. The average Bonchev–Trinajstić information content (AvgIpc) is 2.66. The predicted molar refractivity (Wildman–Crippen MR) is 117 cm³/mol. The van der Waals surface area contributed by atoms with Gasteiger partial charge >= 0.3 is 0 Å². The molecule has 28 heavy (non-hydrogen) atoms. The van der Waals surface area contributed by atoms with E-state index in [1.165, 1.54) is 33.4 Å². The van der Waals surface area contributed by atoms with E-state index >= 15 is 0 Å². The van der Waals surface area contributed by atoms with Crippen molar-refractivity contribution < 1.29 is 9.47 Å². The van der Waals surface area contributed by atoms with E-state index in [4.69, 9.17) is 9.47 Å². The van der Waals surface area contributed by atoms with Crippen molar-refractivity contribution >= 4 is 0 Å². The lowest BCUT2D eigenvalue weighted by Crippen LogP contribution is -2.37. The second-order valence-corrected chi connectivity index (χ2v) is 8.66. The summed E-state index contributed by atoms with van der Waals surface area (Å²) in [5.74, 6) is 2.12. The second kappa shape index (κ2) is 8.43. The molecule has 0 aromatic heterocycles. The van der Waals surface area contributed by atoms with Crippen molar-refractivity contribution in [2.45, 2.75) is 79.4 Å². The number of ether oxygens (including phenoxy) is 2. The average molecular weight is 379 g/mol. The molecular weight excluding hydrogens is 344 g/mol. The van der Waals surface area contributed by atoms with E-state index in [2.05, 4.69) is 71.9 Å². The van der Waals surface area contributed by atoms with E-state index < -0.39 is 0 Å². The lowest BCUT2D eigenvalue weighted by atomic mass is 9.85. The topological polar surface area (TPSA) is 18.5 Å². The quantitative estimate of drug-likeness (QED) is 0.503. The molecule has 0 aliphatic carbocycles. The van der Waals surface area contributed by atoms with Crippen LogP contribution in [0.5, 0.6) is 11.5 Å². The fraction of sp³-hybridized carbons (Fsp3) is 0.462. The van der Waals surface area contributed by atoms with Gasteiger partial charge in [0.1, 0.15) is 23.7 Å². The van der Waals surface area contributed by atoms with E-state index in [1.54, 1.807) is 0 Å². The molecule has 1 atom stereocenters. The largest absolute Gasteiger partial charge is 0.488 e. The van der Waals surface area contributed by atoms with Crippen molar-refractivity contribution in [2.24, 2.45) is 0 Å². The van der Waals surface area contributed by atoms with Crippen molar-refractivity contribution in [1.29, 1.82) is 0 Å². The van der Waals surface area contributed by atoms with E-state index in [0.29, 0.717) is 6.61 Å². The van der Waals surface area contributed by atoms with Crippen LogP contribution in [0.3, 0.4) is 0 Å². The fourth-order valence-electron chi connectivity index (χ4n) is 4.07. The van der Waals surface area contributed by atoms with Gasteiger partial charge < -0.3 is 9.47 Å². The Hall–Kier alpha value is -2.22. The fourth-order valence-corrected chi connectivity index (χ4v) is 4.07. The lowest BCUT2D eigenvalue weighted by molar-refractivity contribution is 0.0558. The highest BCUT2D eigenvalue weighted by molar-refractivity contribution is 5.59. The molecule has 0 radical (unpaired) electrons. The SMILES string of the molecule is CC(C)=CCC[C@]1(C)CCc2c(C)c(OCc3ccccc3)c(C)c(C)c2O1. The molecule has 0 saturated heterocycles. The number of allylic oxidation sites excluding steroid dienone is 2. The number of rotatable bonds is 6. The maximum Gasteiger partial charge on any atom is 0.127 e. The molecule has 0 saturated carbocycles. The Balaban J connectivity index is 1.83. The Morgan fingerprint density at radius 1 is 1.07 bits per heavy atom. The molecule has 1 aliphatic rings. The Bertz CT molecular complexity index is 860. The van der Waals surface area contributed by atoms with Gasteiger partial charge in [-0.15, -0.1) is 0 Å². The van der Waals surface area contributed by atoms with E-state index in [1.807, 2.05) is 6.07 Å². The standard InChI is InChI=1S/C26H34O2/c1-18(2)11-10-15-26(6)16-14-23-21(5)24(19(3)20(4)25(23)28-26)27-17-22-12-8-7-9-13-22/h7-9,11-13H,10,14-17H2,1-6H3/t26-/m1/s1. The van der Waals surface area contributed by atoms with E-state index in [-0.39, 0.29) is 5.60 Å². The van der Waals surface area contributed by atoms with Crippen molar-refractivity contribution in [3.8, 4) is 11.5 Å². The van der Waals surface area contributed by atoms with Gasteiger partial charge in [-0.1, -0.05) is 42.0 Å². The van der Waals surface area contributed by atoms with Gasteiger partial charge in [0.15, 0.2) is 0 Å². The van der Waals surface area contributed by atoms with E-state index in [0.717, 1.165) is 37.2 Å². The van der Waals surface area contributed by atoms with Crippen LogP contribution in [0.25, 0.3) is 0 Å². The third kappa shape index (κ3) is 4.43. The van der Waals surface area contributed by atoms with Gasteiger partial charge in [0, 0.05) is 5.56 Å². The molecular formula is C26H34O2. The maximum atomic E-state index is 6.63. The molecule has 0 spiro atoms. The van der Waals surface area contributed by atoms with Crippen molar-refractivity contribution in [3.05, 3.63) is 69.8 Å². The highest BCUT2D eigenvalue weighted by Gasteiger charge is 2.34. The number of hydrogen-bond donors (Lipinski definition) is 0. The van der Waals surface area contributed by atoms with Crippen LogP contribution in [0.15, 0.2) is 42.0 Å². The minimum absolute atomic E-state index is 0.0883. The van der Waals surface area contributed by atoms with Gasteiger partial charge in [0.2, 0.25) is 0 Å². The maximum absolute atomic E-state index is 6.63. The molecule has 0 N–H and O–H groups in total. The van der Waals surface area contributed by atoms with Crippen LogP contribution < -0.4 is 9.47 Å². The molecule has 150 valence electrons. The summed E-state index contributed by atoms with van der Waals surface area (Å²) >= 11 is 0. The molecule has 0 unspecified atom stereocenters. The molecule has 2 heteroatoms. The third-order valence-electron chi connectivity index (χ3n) is 6.02. The number of fused-ring (bicyclic) bond motifs is 1.